The minimum absolute atomic E-state index is 0.789. The van der Waals surface area contributed by atoms with Crippen molar-refractivity contribution < 1.29 is 0 Å². The second-order valence-electron chi connectivity index (χ2n) is 2.94. The van der Waals surface area contributed by atoms with Gasteiger partial charge < -0.3 is 5.32 Å². The molecule has 0 saturated carbocycles. The van der Waals surface area contributed by atoms with Crippen LogP contribution in [0.15, 0.2) is 0 Å². The van der Waals surface area contributed by atoms with Crippen molar-refractivity contribution in [2.75, 3.05) is 33.2 Å². The van der Waals surface area contributed by atoms with Gasteiger partial charge in [0.25, 0.3) is 0 Å². The Morgan fingerprint density at radius 1 is 1.42 bits per heavy atom. The zero-order valence-corrected chi connectivity index (χ0v) is 8.27. The van der Waals surface area contributed by atoms with Gasteiger partial charge in [0, 0.05) is 6.54 Å². The van der Waals surface area contributed by atoms with Crippen molar-refractivity contribution in [1.82, 2.24) is 10.2 Å². The fourth-order valence-electron chi connectivity index (χ4n) is 1.19. The van der Waals surface area contributed by atoms with Crippen LogP contribution in [0.3, 0.4) is 0 Å². The van der Waals surface area contributed by atoms with Gasteiger partial charge in [0.15, 0.2) is 0 Å². The van der Waals surface area contributed by atoms with E-state index in [9.17, 15) is 0 Å². The summed E-state index contributed by atoms with van der Waals surface area (Å²) in [5.74, 6) is 2.69. The minimum atomic E-state index is 0.789. The molecule has 0 bridgehead atoms. The summed E-state index contributed by atoms with van der Waals surface area (Å²) in [5, 5.41) is 3.13. The van der Waals surface area contributed by atoms with E-state index >= 15 is 0 Å². The number of rotatable bonds is 7. The Morgan fingerprint density at radius 2 is 2.17 bits per heavy atom. The molecule has 0 rings (SSSR count). The molecule has 0 aromatic carbocycles. The molecule has 0 spiro atoms. The van der Waals surface area contributed by atoms with Crippen LogP contribution in [0.5, 0.6) is 0 Å². The average molecular weight is 168 g/mol. The molecule has 70 valence electrons. The lowest BCUT2D eigenvalue weighted by Crippen LogP contribution is -2.28. The number of terminal acetylenes is 1. The third-order valence-corrected chi connectivity index (χ3v) is 1.76. The van der Waals surface area contributed by atoms with Gasteiger partial charge in [-0.3, -0.25) is 4.90 Å². The maximum absolute atomic E-state index is 5.26. The third-order valence-electron chi connectivity index (χ3n) is 1.76. The van der Waals surface area contributed by atoms with Crippen LogP contribution in [0.1, 0.15) is 19.8 Å². The molecule has 0 aliphatic rings. The summed E-state index contributed by atoms with van der Waals surface area (Å²) >= 11 is 0. The minimum Gasteiger partial charge on any atom is -0.320 e. The van der Waals surface area contributed by atoms with E-state index in [1.165, 1.54) is 12.8 Å². The fraction of sp³-hybridized carbons (Fsp3) is 0.800. The van der Waals surface area contributed by atoms with Crippen LogP contribution in [0.2, 0.25) is 0 Å². The van der Waals surface area contributed by atoms with Crippen LogP contribution < -0.4 is 5.32 Å². The highest BCUT2D eigenvalue weighted by Crippen LogP contribution is 1.92. The van der Waals surface area contributed by atoms with Crippen LogP contribution in [0.25, 0.3) is 0 Å². The van der Waals surface area contributed by atoms with Crippen molar-refractivity contribution in [1.29, 1.82) is 0 Å². The van der Waals surface area contributed by atoms with Gasteiger partial charge >= 0.3 is 0 Å². The predicted molar refractivity (Wildman–Crippen MR) is 54.1 cm³/mol. The Balaban J connectivity index is 3.42. The Labute approximate surface area is 76.3 Å². The van der Waals surface area contributed by atoms with E-state index in [-0.39, 0.29) is 0 Å². The second kappa shape index (κ2) is 8.58. The maximum atomic E-state index is 5.26. The molecule has 2 heteroatoms. The quantitative estimate of drug-likeness (QED) is 0.449. The van der Waals surface area contributed by atoms with E-state index in [0.29, 0.717) is 0 Å². The number of nitrogens with zero attached hydrogens (tertiary/aromatic N) is 1. The van der Waals surface area contributed by atoms with Gasteiger partial charge in [-0.05, 0) is 33.0 Å². The van der Waals surface area contributed by atoms with Crippen LogP contribution in [-0.4, -0.2) is 38.1 Å². The highest BCUT2D eigenvalue weighted by molar-refractivity contribution is 4.87. The van der Waals surface area contributed by atoms with E-state index in [1.54, 1.807) is 0 Å². The maximum Gasteiger partial charge on any atom is 0.0598 e. The molecule has 1 N–H and O–H groups in total. The highest BCUT2D eigenvalue weighted by Gasteiger charge is 1.99. The lowest BCUT2D eigenvalue weighted by atomic mass is 10.3. The molecule has 0 aliphatic carbocycles. The Bertz CT molecular complexity index is 126. The van der Waals surface area contributed by atoms with E-state index in [4.69, 9.17) is 6.42 Å². The van der Waals surface area contributed by atoms with Crippen molar-refractivity contribution in [2.24, 2.45) is 0 Å². The summed E-state index contributed by atoms with van der Waals surface area (Å²) in [6.45, 7) is 6.27. The Kier molecular flexibility index (Phi) is 8.20. The van der Waals surface area contributed by atoms with E-state index in [2.05, 4.69) is 23.1 Å². The van der Waals surface area contributed by atoms with E-state index in [0.717, 1.165) is 26.2 Å². The Hall–Kier alpha value is -0.520. The first kappa shape index (κ1) is 11.5. The molecular weight excluding hydrogens is 148 g/mol. The van der Waals surface area contributed by atoms with E-state index in [1.807, 2.05) is 7.05 Å². The number of hydrogen-bond acceptors (Lipinski definition) is 2. The van der Waals surface area contributed by atoms with Gasteiger partial charge in [-0.15, -0.1) is 6.42 Å². The van der Waals surface area contributed by atoms with Crippen molar-refractivity contribution in [3.8, 4) is 12.3 Å². The molecule has 0 unspecified atom stereocenters. The summed E-state index contributed by atoms with van der Waals surface area (Å²) in [5.41, 5.74) is 0. The van der Waals surface area contributed by atoms with Crippen LogP contribution in [0.4, 0.5) is 0 Å². The van der Waals surface area contributed by atoms with Crippen molar-refractivity contribution in [2.45, 2.75) is 19.8 Å². The van der Waals surface area contributed by atoms with E-state index < -0.39 is 0 Å². The molecule has 0 atom stereocenters. The van der Waals surface area contributed by atoms with Gasteiger partial charge in [-0.25, -0.2) is 0 Å². The molecule has 0 aromatic heterocycles. The van der Waals surface area contributed by atoms with Crippen LogP contribution in [-0.2, 0) is 0 Å². The topological polar surface area (TPSA) is 15.3 Å². The monoisotopic (exact) mass is 168 g/mol. The molecule has 0 aromatic rings. The molecule has 0 aliphatic heterocycles. The summed E-state index contributed by atoms with van der Waals surface area (Å²) in [7, 11) is 1.98. The van der Waals surface area contributed by atoms with Crippen molar-refractivity contribution >= 4 is 0 Å². The van der Waals surface area contributed by atoms with Crippen molar-refractivity contribution in [3.05, 3.63) is 0 Å². The zero-order chi connectivity index (χ0) is 9.23. The number of hydrogen-bond donors (Lipinski definition) is 1. The Morgan fingerprint density at radius 3 is 2.67 bits per heavy atom. The van der Waals surface area contributed by atoms with Gasteiger partial charge in [-0.1, -0.05) is 12.8 Å². The first-order valence-electron chi connectivity index (χ1n) is 4.65. The molecule has 0 saturated heterocycles. The lowest BCUT2D eigenvalue weighted by molar-refractivity contribution is 0.303. The standard InChI is InChI=1S/C10H20N2/c1-4-8-12(9-5-2)10-6-7-11-3/h1,11H,5-10H2,2-3H3. The van der Waals surface area contributed by atoms with Crippen LogP contribution >= 0.6 is 0 Å². The number of nitrogens with one attached hydrogen (secondary N) is 1. The average Bonchev–Trinajstić information content (AvgIpc) is 2.06. The van der Waals surface area contributed by atoms with Gasteiger partial charge in [0.1, 0.15) is 0 Å². The molecule has 0 fully saturated rings. The molecule has 0 amide bonds. The SMILES string of the molecule is C#CCN(CCC)CCCNC. The molecule has 0 heterocycles. The second-order valence-corrected chi connectivity index (χ2v) is 2.94. The smallest absolute Gasteiger partial charge is 0.0598 e. The van der Waals surface area contributed by atoms with Gasteiger partial charge in [0.2, 0.25) is 0 Å². The summed E-state index contributed by atoms with van der Waals surface area (Å²) < 4.78 is 0. The fourth-order valence-corrected chi connectivity index (χ4v) is 1.19. The highest BCUT2D eigenvalue weighted by atomic mass is 15.1. The molecule has 12 heavy (non-hydrogen) atoms. The predicted octanol–water partition coefficient (Wildman–Crippen LogP) is 0.941. The first-order chi connectivity index (χ1) is 5.85. The van der Waals surface area contributed by atoms with Crippen LogP contribution in [0, 0.1) is 12.3 Å². The van der Waals surface area contributed by atoms with Gasteiger partial charge in [-0.2, -0.15) is 0 Å². The summed E-state index contributed by atoms with van der Waals surface area (Å²) in [6, 6.07) is 0. The summed E-state index contributed by atoms with van der Waals surface area (Å²) in [6.07, 6.45) is 7.62. The molecule has 2 nitrogen and oxygen atoms in total. The molecular formula is C10H20N2. The normalized spacial score (nSPS) is 10.2. The zero-order valence-electron chi connectivity index (χ0n) is 8.27. The van der Waals surface area contributed by atoms with Gasteiger partial charge in [0.05, 0.1) is 6.54 Å². The lowest BCUT2D eigenvalue weighted by Gasteiger charge is -2.18. The first-order valence-corrected chi connectivity index (χ1v) is 4.65. The largest absolute Gasteiger partial charge is 0.320 e. The summed E-state index contributed by atoms with van der Waals surface area (Å²) in [4.78, 5) is 2.32. The molecule has 0 radical (unpaired) electrons. The van der Waals surface area contributed by atoms with Crippen molar-refractivity contribution in [3.63, 3.8) is 0 Å². The third kappa shape index (κ3) is 6.21.